The van der Waals surface area contributed by atoms with Crippen LogP contribution in [0.2, 0.25) is 0 Å². The van der Waals surface area contributed by atoms with E-state index >= 15 is 0 Å². The Morgan fingerprint density at radius 3 is 2.37 bits per heavy atom. The Bertz CT molecular complexity index is 947. The third kappa shape index (κ3) is 5.92. The monoisotopic (exact) mass is 410 g/mol. The average molecular weight is 410 g/mol. The summed E-state index contributed by atoms with van der Waals surface area (Å²) in [7, 11) is 3.04. The largest absolute Gasteiger partial charge is 0.493 e. The molecule has 30 heavy (non-hydrogen) atoms. The van der Waals surface area contributed by atoms with Crippen LogP contribution in [0, 0.1) is 11.3 Å². The maximum absolute atomic E-state index is 12.6. The van der Waals surface area contributed by atoms with E-state index in [1.165, 1.54) is 20.3 Å². The lowest BCUT2D eigenvalue weighted by molar-refractivity contribution is -0.112. The zero-order valence-electron chi connectivity index (χ0n) is 17.7. The van der Waals surface area contributed by atoms with Crippen molar-refractivity contribution in [3.05, 3.63) is 47.5 Å². The summed E-state index contributed by atoms with van der Waals surface area (Å²) in [5, 5.41) is 12.2. The van der Waals surface area contributed by atoms with Crippen molar-refractivity contribution in [3.63, 3.8) is 0 Å². The first-order valence-electron chi connectivity index (χ1n) is 9.61. The zero-order valence-corrected chi connectivity index (χ0v) is 17.7. The summed E-state index contributed by atoms with van der Waals surface area (Å²) in [6, 6.07) is 12.2. The number of nitriles is 1. The molecule has 0 saturated heterocycles. The van der Waals surface area contributed by atoms with Crippen molar-refractivity contribution >= 4 is 17.7 Å². The molecule has 2 rings (SSSR count). The quantitative estimate of drug-likeness (QED) is 0.460. The fourth-order valence-electron chi connectivity index (χ4n) is 2.64. The lowest BCUT2D eigenvalue weighted by Gasteiger charge is -2.12. The summed E-state index contributed by atoms with van der Waals surface area (Å²) in [6.45, 7) is 4.95. The molecule has 0 heterocycles. The van der Waals surface area contributed by atoms with Gasteiger partial charge in [-0.3, -0.25) is 4.79 Å². The molecule has 7 heteroatoms. The number of hydrogen-bond acceptors (Lipinski definition) is 6. The van der Waals surface area contributed by atoms with E-state index in [1.54, 1.807) is 36.4 Å². The van der Waals surface area contributed by atoms with Crippen LogP contribution in [0.3, 0.4) is 0 Å². The summed E-state index contributed by atoms with van der Waals surface area (Å²) in [5.41, 5.74) is 1.09. The fourth-order valence-corrected chi connectivity index (χ4v) is 2.64. The van der Waals surface area contributed by atoms with Crippen molar-refractivity contribution in [1.29, 1.82) is 5.26 Å². The minimum atomic E-state index is -0.533. The molecule has 0 aliphatic heterocycles. The number of benzene rings is 2. The second-order valence-corrected chi connectivity index (χ2v) is 6.18. The number of carbonyl (C=O) groups is 1. The Balaban J connectivity index is 2.25. The number of rotatable bonds is 10. The molecule has 0 aromatic heterocycles. The highest BCUT2D eigenvalue weighted by atomic mass is 16.5. The number of hydrogen-bond donors (Lipinski definition) is 1. The molecule has 0 saturated carbocycles. The molecular formula is C23H26N2O5. The van der Waals surface area contributed by atoms with Gasteiger partial charge in [-0.15, -0.1) is 0 Å². The van der Waals surface area contributed by atoms with Crippen LogP contribution in [0.1, 0.15) is 25.8 Å². The van der Waals surface area contributed by atoms with Crippen LogP contribution in [0.15, 0.2) is 42.0 Å². The van der Waals surface area contributed by atoms with E-state index in [4.69, 9.17) is 18.9 Å². The van der Waals surface area contributed by atoms with Crippen molar-refractivity contribution in [2.45, 2.75) is 20.3 Å². The van der Waals surface area contributed by atoms with Gasteiger partial charge in [0.05, 0.1) is 27.4 Å². The Morgan fingerprint density at radius 2 is 1.73 bits per heavy atom. The van der Waals surface area contributed by atoms with Crippen LogP contribution in [0.4, 0.5) is 5.69 Å². The van der Waals surface area contributed by atoms with Gasteiger partial charge in [-0.1, -0.05) is 13.0 Å². The van der Waals surface area contributed by atoms with Gasteiger partial charge in [-0.05, 0) is 49.2 Å². The Hall–Kier alpha value is -3.66. The number of methoxy groups -OCH3 is 2. The molecule has 0 aliphatic carbocycles. The van der Waals surface area contributed by atoms with E-state index in [0.29, 0.717) is 47.5 Å². The number of anilines is 1. The van der Waals surface area contributed by atoms with E-state index in [-0.39, 0.29) is 5.57 Å². The van der Waals surface area contributed by atoms with Gasteiger partial charge < -0.3 is 24.3 Å². The molecule has 158 valence electrons. The van der Waals surface area contributed by atoms with Crippen LogP contribution in [-0.2, 0) is 4.79 Å². The molecule has 0 spiro atoms. The highest BCUT2D eigenvalue weighted by Crippen LogP contribution is 2.31. The standard InChI is InChI=1S/C23H26N2O5/c1-5-11-30-20-9-7-16(13-22(20)29-6-2)12-17(15-24)23(26)25-18-8-10-19(27-3)21(14-18)28-4/h7-10,12-14H,5-6,11H2,1-4H3,(H,25,26)/b17-12-. The molecule has 0 atom stereocenters. The minimum Gasteiger partial charge on any atom is -0.493 e. The summed E-state index contributed by atoms with van der Waals surface area (Å²) >= 11 is 0. The van der Waals surface area contributed by atoms with Gasteiger partial charge in [0.25, 0.3) is 5.91 Å². The van der Waals surface area contributed by atoms with Crippen molar-refractivity contribution in [1.82, 2.24) is 0 Å². The number of ether oxygens (including phenoxy) is 4. The third-order valence-electron chi connectivity index (χ3n) is 4.05. The van der Waals surface area contributed by atoms with Gasteiger partial charge in [-0.25, -0.2) is 0 Å². The Labute approximate surface area is 176 Å². The van der Waals surface area contributed by atoms with E-state index in [2.05, 4.69) is 5.32 Å². The fraction of sp³-hybridized carbons (Fsp3) is 0.304. The van der Waals surface area contributed by atoms with Gasteiger partial charge in [0.15, 0.2) is 23.0 Å². The molecule has 0 unspecified atom stereocenters. The second-order valence-electron chi connectivity index (χ2n) is 6.18. The smallest absolute Gasteiger partial charge is 0.266 e. The Morgan fingerprint density at radius 1 is 1.00 bits per heavy atom. The molecule has 1 N–H and O–H groups in total. The normalized spacial score (nSPS) is 10.7. The van der Waals surface area contributed by atoms with E-state index < -0.39 is 5.91 Å². The first-order valence-corrected chi connectivity index (χ1v) is 9.61. The van der Waals surface area contributed by atoms with E-state index in [0.717, 1.165) is 6.42 Å². The third-order valence-corrected chi connectivity index (χ3v) is 4.05. The van der Waals surface area contributed by atoms with Crippen LogP contribution in [0.25, 0.3) is 6.08 Å². The number of nitrogens with zero attached hydrogens (tertiary/aromatic N) is 1. The SMILES string of the molecule is CCCOc1ccc(/C=C(/C#N)C(=O)Nc2ccc(OC)c(OC)c2)cc1OCC. The second kappa shape index (κ2) is 11.4. The van der Waals surface area contributed by atoms with Crippen LogP contribution in [-0.4, -0.2) is 33.3 Å². The molecule has 1 amide bonds. The predicted molar refractivity (Wildman–Crippen MR) is 115 cm³/mol. The maximum Gasteiger partial charge on any atom is 0.266 e. The van der Waals surface area contributed by atoms with Gasteiger partial charge in [0, 0.05) is 11.8 Å². The van der Waals surface area contributed by atoms with E-state index in [9.17, 15) is 10.1 Å². The zero-order chi connectivity index (χ0) is 21.9. The molecule has 0 fully saturated rings. The van der Waals surface area contributed by atoms with Crippen LogP contribution < -0.4 is 24.3 Å². The molecule has 0 aliphatic rings. The highest BCUT2D eigenvalue weighted by molar-refractivity contribution is 6.09. The maximum atomic E-state index is 12.6. The van der Waals surface area contributed by atoms with Crippen molar-refractivity contribution < 1.29 is 23.7 Å². The van der Waals surface area contributed by atoms with E-state index in [1.807, 2.05) is 19.9 Å². The molecular weight excluding hydrogens is 384 g/mol. The van der Waals surface area contributed by atoms with Crippen molar-refractivity contribution in [2.24, 2.45) is 0 Å². The number of amides is 1. The van der Waals surface area contributed by atoms with Gasteiger partial charge in [0.2, 0.25) is 0 Å². The first kappa shape index (κ1) is 22.6. The van der Waals surface area contributed by atoms with Crippen molar-refractivity contribution in [3.8, 4) is 29.1 Å². The first-order chi connectivity index (χ1) is 14.6. The van der Waals surface area contributed by atoms with Gasteiger partial charge in [-0.2, -0.15) is 5.26 Å². The molecule has 2 aromatic rings. The van der Waals surface area contributed by atoms with Gasteiger partial charge in [0.1, 0.15) is 11.6 Å². The summed E-state index contributed by atoms with van der Waals surface area (Å²) in [4.78, 5) is 12.6. The summed E-state index contributed by atoms with van der Waals surface area (Å²) < 4.78 is 21.7. The molecule has 0 bridgehead atoms. The van der Waals surface area contributed by atoms with Crippen molar-refractivity contribution in [2.75, 3.05) is 32.8 Å². The molecule has 2 aromatic carbocycles. The van der Waals surface area contributed by atoms with Crippen LogP contribution in [0.5, 0.6) is 23.0 Å². The topological polar surface area (TPSA) is 89.8 Å². The lowest BCUT2D eigenvalue weighted by Crippen LogP contribution is -2.13. The number of nitrogens with one attached hydrogen (secondary N) is 1. The summed E-state index contributed by atoms with van der Waals surface area (Å²) in [6.07, 6.45) is 2.38. The highest BCUT2D eigenvalue weighted by Gasteiger charge is 2.13. The van der Waals surface area contributed by atoms with Crippen LogP contribution >= 0.6 is 0 Å². The van der Waals surface area contributed by atoms with Gasteiger partial charge >= 0.3 is 0 Å². The summed E-state index contributed by atoms with van der Waals surface area (Å²) in [5.74, 6) is 1.68. The molecule has 0 radical (unpaired) electrons. The average Bonchev–Trinajstić information content (AvgIpc) is 2.76. The Kier molecular flexibility index (Phi) is 8.57. The molecule has 7 nitrogen and oxygen atoms in total. The predicted octanol–water partition coefficient (Wildman–Crippen LogP) is 4.44. The lowest BCUT2D eigenvalue weighted by atomic mass is 10.1. The minimum absolute atomic E-state index is 0.0468. The number of carbonyl (C=O) groups excluding carboxylic acids is 1.